The van der Waals surface area contributed by atoms with Crippen LogP contribution >= 0.6 is 23.2 Å². The van der Waals surface area contributed by atoms with Gasteiger partial charge in [0.1, 0.15) is 11.4 Å². The second kappa shape index (κ2) is 8.99. The summed E-state index contributed by atoms with van der Waals surface area (Å²) < 4.78 is 18.6. The van der Waals surface area contributed by atoms with Crippen molar-refractivity contribution < 1.29 is 19.0 Å². The number of halogens is 2. The van der Waals surface area contributed by atoms with Gasteiger partial charge in [-0.15, -0.1) is 0 Å². The first-order chi connectivity index (χ1) is 16.0. The predicted molar refractivity (Wildman–Crippen MR) is 125 cm³/mol. The van der Waals surface area contributed by atoms with Gasteiger partial charge in [-0.1, -0.05) is 35.3 Å². The molecule has 3 aromatic rings. The van der Waals surface area contributed by atoms with Crippen LogP contribution in [0.15, 0.2) is 48.5 Å². The number of likely N-dealkylation sites (tertiary alicyclic amines) is 1. The zero-order valence-electron chi connectivity index (χ0n) is 18.1. The fourth-order valence-electron chi connectivity index (χ4n) is 4.27. The summed E-state index contributed by atoms with van der Waals surface area (Å²) in [4.78, 5) is 15.4. The fraction of sp³-hybridized carbons (Fsp3) is 0.333. The van der Waals surface area contributed by atoms with Crippen LogP contribution in [0.4, 0.5) is 0 Å². The highest BCUT2D eigenvalue weighted by molar-refractivity contribution is 6.42. The first-order valence-electron chi connectivity index (χ1n) is 10.8. The maximum Gasteiger partial charge on any atom is 0.272 e. The average molecular weight is 488 g/mol. The molecule has 0 radical (unpaired) electrons. The lowest BCUT2D eigenvalue weighted by atomic mass is 10.0. The lowest BCUT2D eigenvalue weighted by molar-refractivity contribution is -0.181. The van der Waals surface area contributed by atoms with Crippen LogP contribution in [-0.2, 0) is 9.47 Å². The maximum absolute atomic E-state index is 13.6. The van der Waals surface area contributed by atoms with Crippen molar-refractivity contribution in [3.63, 3.8) is 0 Å². The summed E-state index contributed by atoms with van der Waals surface area (Å²) in [5, 5.41) is 5.57. The van der Waals surface area contributed by atoms with Gasteiger partial charge in [-0.05, 0) is 36.4 Å². The number of amides is 1. The SMILES string of the molecule is COc1cccc(-c2cc(C(=O)N3CCC4(CC3)OCCO4)n(-c3ccc(Cl)c(Cl)c3)n2)c1. The summed E-state index contributed by atoms with van der Waals surface area (Å²) >= 11 is 12.4. The Morgan fingerprint density at radius 3 is 2.48 bits per heavy atom. The molecule has 0 unspecified atom stereocenters. The number of nitrogens with zero attached hydrogens (tertiary/aromatic N) is 3. The molecule has 0 bridgehead atoms. The molecule has 0 N–H and O–H groups in total. The van der Waals surface area contributed by atoms with Gasteiger partial charge < -0.3 is 19.1 Å². The Hall–Kier alpha value is -2.58. The molecule has 5 rings (SSSR count). The van der Waals surface area contributed by atoms with Crippen LogP contribution in [-0.4, -0.2) is 59.8 Å². The highest BCUT2D eigenvalue weighted by Crippen LogP contribution is 2.33. The number of rotatable bonds is 4. The molecule has 2 aliphatic rings. The summed E-state index contributed by atoms with van der Waals surface area (Å²) in [5.41, 5.74) is 2.58. The first kappa shape index (κ1) is 22.2. The summed E-state index contributed by atoms with van der Waals surface area (Å²) in [6.07, 6.45) is 1.28. The Balaban J connectivity index is 1.51. The zero-order chi connectivity index (χ0) is 23.0. The molecule has 2 fully saturated rings. The molecule has 1 spiro atoms. The average Bonchev–Trinajstić information content (AvgIpc) is 3.49. The smallest absolute Gasteiger partial charge is 0.272 e. The molecular weight excluding hydrogens is 465 g/mol. The minimum atomic E-state index is -0.549. The van der Waals surface area contributed by atoms with E-state index in [0.717, 1.165) is 5.56 Å². The number of benzene rings is 2. The Labute approximate surface area is 201 Å². The van der Waals surface area contributed by atoms with Crippen LogP contribution in [0.2, 0.25) is 10.0 Å². The normalized spacial score (nSPS) is 17.5. The van der Waals surface area contributed by atoms with E-state index < -0.39 is 5.79 Å². The molecule has 7 nitrogen and oxygen atoms in total. The highest BCUT2D eigenvalue weighted by Gasteiger charge is 2.41. The number of carbonyl (C=O) groups excluding carboxylic acids is 1. The lowest BCUT2D eigenvalue weighted by Gasteiger charge is -2.37. The second-order valence-corrected chi connectivity index (χ2v) is 8.87. The molecule has 9 heteroatoms. The van der Waals surface area contributed by atoms with Crippen molar-refractivity contribution in [3.8, 4) is 22.7 Å². The van der Waals surface area contributed by atoms with E-state index in [2.05, 4.69) is 0 Å². The predicted octanol–water partition coefficient (Wildman–Crippen LogP) is 4.83. The molecule has 0 saturated carbocycles. The van der Waals surface area contributed by atoms with E-state index in [0.29, 0.717) is 72.0 Å². The van der Waals surface area contributed by atoms with E-state index in [9.17, 15) is 4.79 Å². The Kier molecular flexibility index (Phi) is 6.05. The quantitative estimate of drug-likeness (QED) is 0.526. The largest absolute Gasteiger partial charge is 0.497 e. The van der Waals surface area contributed by atoms with Gasteiger partial charge in [0.05, 0.1) is 41.8 Å². The minimum absolute atomic E-state index is 0.115. The van der Waals surface area contributed by atoms with Crippen molar-refractivity contribution in [1.29, 1.82) is 0 Å². The number of hydrogen-bond donors (Lipinski definition) is 0. The number of hydrogen-bond acceptors (Lipinski definition) is 5. The van der Waals surface area contributed by atoms with Crippen LogP contribution < -0.4 is 4.74 Å². The van der Waals surface area contributed by atoms with E-state index in [4.69, 9.17) is 42.5 Å². The van der Waals surface area contributed by atoms with E-state index in [-0.39, 0.29) is 5.91 Å². The zero-order valence-corrected chi connectivity index (χ0v) is 19.6. The monoisotopic (exact) mass is 487 g/mol. The number of piperidine rings is 1. The fourth-order valence-corrected chi connectivity index (χ4v) is 4.56. The summed E-state index contributed by atoms with van der Waals surface area (Å²) in [5.74, 6) is 0.0462. The molecule has 0 aliphatic carbocycles. The molecule has 0 atom stereocenters. The van der Waals surface area contributed by atoms with Gasteiger partial charge in [-0.3, -0.25) is 4.79 Å². The summed E-state index contributed by atoms with van der Waals surface area (Å²) in [7, 11) is 1.61. The van der Waals surface area contributed by atoms with Crippen LogP contribution in [0.5, 0.6) is 5.75 Å². The van der Waals surface area contributed by atoms with E-state index in [1.165, 1.54) is 0 Å². The third kappa shape index (κ3) is 4.34. The number of carbonyl (C=O) groups is 1. The van der Waals surface area contributed by atoms with Gasteiger partial charge in [0, 0.05) is 31.5 Å². The van der Waals surface area contributed by atoms with Crippen molar-refractivity contribution in [2.24, 2.45) is 0 Å². The molecule has 3 heterocycles. The number of aromatic nitrogens is 2. The van der Waals surface area contributed by atoms with Crippen molar-refractivity contribution in [1.82, 2.24) is 14.7 Å². The molecule has 33 heavy (non-hydrogen) atoms. The number of methoxy groups -OCH3 is 1. The molecule has 2 aromatic carbocycles. The molecule has 1 aromatic heterocycles. The van der Waals surface area contributed by atoms with Gasteiger partial charge in [0.2, 0.25) is 0 Å². The standard InChI is InChI=1S/C24H23Cl2N3O4/c1-31-18-4-2-3-16(13-18)21-15-22(29(27-21)17-5-6-19(25)20(26)14-17)23(30)28-9-7-24(8-10-28)32-11-12-33-24/h2-6,13-15H,7-12H2,1H3. The van der Waals surface area contributed by atoms with Crippen LogP contribution in [0.3, 0.4) is 0 Å². The lowest BCUT2D eigenvalue weighted by Crippen LogP contribution is -2.47. The number of ether oxygens (including phenoxy) is 3. The van der Waals surface area contributed by atoms with Crippen LogP contribution in [0.25, 0.3) is 16.9 Å². The Morgan fingerprint density at radius 2 is 1.79 bits per heavy atom. The Bertz CT molecular complexity index is 1180. The minimum Gasteiger partial charge on any atom is -0.497 e. The van der Waals surface area contributed by atoms with Crippen molar-refractivity contribution in [2.45, 2.75) is 18.6 Å². The van der Waals surface area contributed by atoms with Gasteiger partial charge in [0.15, 0.2) is 5.79 Å². The topological polar surface area (TPSA) is 65.8 Å². The van der Waals surface area contributed by atoms with Crippen molar-refractivity contribution >= 4 is 29.1 Å². The molecule has 172 valence electrons. The van der Waals surface area contributed by atoms with Crippen molar-refractivity contribution in [2.75, 3.05) is 33.4 Å². The van der Waals surface area contributed by atoms with Gasteiger partial charge in [0.25, 0.3) is 5.91 Å². The van der Waals surface area contributed by atoms with Crippen molar-refractivity contribution in [3.05, 3.63) is 64.3 Å². The molecule has 2 saturated heterocycles. The molecular formula is C24H23Cl2N3O4. The summed E-state index contributed by atoms with van der Waals surface area (Å²) in [6, 6.07) is 14.5. The van der Waals surface area contributed by atoms with E-state index in [1.54, 1.807) is 36.1 Å². The molecule has 2 aliphatic heterocycles. The van der Waals surface area contributed by atoms with E-state index in [1.807, 2.05) is 29.2 Å². The van der Waals surface area contributed by atoms with Gasteiger partial charge in [-0.2, -0.15) is 5.10 Å². The summed E-state index contributed by atoms with van der Waals surface area (Å²) in [6.45, 7) is 2.28. The third-order valence-corrected chi connectivity index (χ3v) is 6.81. The van der Waals surface area contributed by atoms with Crippen LogP contribution in [0, 0.1) is 0 Å². The van der Waals surface area contributed by atoms with Crippen LogP contribution in [0.1, 0.15) is 23.3 Å². The van der Waals surface area contributed by atoms with E-state index >= 15 is 0 Å². The third-order valence-electron chi connectivity index (χ3n) is 6.07. The second-order valence-electron chi connectivity index (χ2n) is 8.06. The molecule has 1 amide bonds. The highest BCUT2D eigenvalue weighted by atomic mass is 35.5. The Morgan fingerprint density at radius 1 is 1.03 bits per heavy atom. The van der Waals surface area contributed by atoms with Gasteiger partial charge in [-0.25, -0.2) is 4.68 Å². The maximum atomic E-state index is 13.6. The van der Waals surface area contributed by atoms with Gasteiger partial charge >= 0.3 is 0 Å². The first-order valence-corrected chi connectivity index (χ1v) is 11.5.